The molecule has 154 valence electrons. The van der Waals surface area contributed by atoms with Gasteiger partial charge in [-0.2, -0.15) is 0 Å². The number of rotatable bonds is 4. The molecule has 0 spiro atoms. The van der Waals surface area contributed by atoms with Crippen molar-refractivity contribution >= 4 is 16.0 Å². The Morgan fingerprint density at radius 3 is 2.36 bits per heavy atom. The van der Waals surface area contributed by atoms with Gasteiger partial charge in [-0.25, -0.2) is 12.7 Å². The van der Waals surface area contributed by atoms with Crippen LogP contribution in [0.5, 0.6) is 0 Å². The molecule has 1 saturated carbocycles. The molecule has 2 heterocycles. The van der Waals surface area contributed by atoms with E-state index in [4.69, 9.17) is 0 Å². The summed E-state index contributed by atoms with van der Waals surface area (Å²) in [5.41, 5.74) is 1.15. The average Bonchev–Trinajstić information content (AvgIpc) is 3.12. The first kappa shape index (κ1) is 19.7. The zero-order chi connectivity index (χ0) is 19.9. The van der Waals surface area contributed by atoms with Gasteiger partial charge in [-0.05, 0) is 43.4 Å². The minimum absolute atomic E-state index is 0.354. The van der Waals surface area contributed by atoms with E-state index in [0.29, 0.717) is 35.9 Å². The summed E-state index contributed by atoms with van der Waals surface area (Å²) in [6.45, 7) is 10.1. The molecule has 1 saturated heterocycles. The van der Waals surface area contributed by atoms with Gasteiger partial charge in [0.05, 0.1) is 18.0 Å². The first-order valence-electron chi connectivity index (χ1n) is 10.6. The van der Waals surface area contributed by atoms with Crippen molar-refractivity contribution in [2.45, 2.75) is 62.9 Å². The minimum atomic E-state index is -3.57. The van der Waals surface area contributed by atoms with Crippen molar-refractivity contribution in [1.82, 2.24) is 14.1 Å². The van der Waals surface area contributed by atoms with Crippen molar-refractivity contribution in [3.05, 3.63) is 29.8 Å². The monoisotopic (exact) mass is 404 g/mol. The Bertz CT molecular complexity index is 830. The van der Waals surface area contributed by atoms with E-state index in [1.807, 2.05) is 12.1 Å². The third-order valence-electron chi connectivity index (χ3n) is 6.42. The van der Waals surface area contributed by atoms with Gasteiger partial charge in [0.1, 0.15) is 0 Å². The molecule has 4 rings (SSSR count). The Morgan fingerprint density at radius 1 is 1.07 bits per heavy atom. The topological polar surface area (TPSA) is 56.2 Å². The third kappa shape index (κ3) is 3.54. The predicted molar refractivity (Wildman–Crippen MR) is 112 cm³/mol. The van der Waals surface area contributed by atoms with Crippen LogP contribution in [0.4, 0.5) is 0 Å². The molecule has 1 unspecified atom stereocenters. The summed E-state index contributed by atoms with van der Waals surface area (Å²) in [5, 5.41) is 0. The molecular formula is C21H32N4O2S. The van der Waals surface area contributed by atoms with Crippen LogP contribution in [0.1, 0.15) is 51.5 Å². The summed E-state index contributed by atoms with van der Waals surface area (Å²) in [7, 11) is -3.57. The molecule has 3 aliphatic rings. The molecule has 0 aromatic heterocycles. The second kappa shape index (κ2) is 7.67. The highest BCUT2D eigenvalue weighted by atomic mass is 32.2. The molecule has 28 heavy (non-hydrogen) atoms. The van der Waals surface area contributed by atoms with Crippen LogP contribution in [0.2, 0.25) is 0 Å². The maximum atomic E-state index is 13.3. The SMILES string of the molecule is CC(C)c1ccc(S(=O)(=O)N2CCN=C2N2CCN(C3CCC3)C(C)C2)cc1. The zero-order valence-electron chi connectivity index (χ0n) is 17.2. The van der Waals surface area contributed by atoms with Crippen molar-refractivity contribution < 1.29 is 8.42 Å². The largest absolute Gasteiger partial charge is 0.339 e. The fraction of sp³-hybridized carbons (Fsp3) is 0.667. The molecule has 1 atom stereocenters. The van der Waals surface area contributed by atoms with Crippen LogP contribution < -0.4 is 0 Å². The summed E-state index contributed by atoms with van der Waals surface area (Å²) < 4.78 is 28.1. The number of piperazine rings is 1. The van der Waals surface area contributed by atoms with Gasteiger partial charge in [0.2, 0.25) is 5.96 Å². The van der Waals surface area contributed by atoms with Gasteiger partial charge in [-0.1, -0.05) is 32.4 Å². The van der Waals surface area contributed by atoms with Crippen LogP contribution in [-0.2, 0) is 10.0 Å². The Morgan fingerprint density at radius 2 is 1.79 bits per heavy atom. The van der Waals surface area contributed by atoms with Crippen molar-refractivity contribution in [2.24, 2.45) is 4.99 Å². The van der Waals surface area contributed by atoms with Crippen LogP contribution >= 0.6 is 0 Å². The lowest BCUT2D eigenvalue weighted by Gasteiger charge is -2.48. The predicted octanol–water partition coefficient (Wildman–Crippen LogP) is 2.73. The number of sulfonamides is 1. The van der Waals surface area contributed by atoms with Gasteiger partial charge >= 0.3 is 0 Å². The summed E-state index contributed by atoms with van der Waals surface area (Å²) >= 11 is 0. The van der Waals surface area contributed by atoms with E-state index >= 15 is 0 Å². The van der Waals surface area contributed by atoms with Crippen molar-refractivity contribution in [3.63, 3.8) is 0 Å². The molecule has 2 fully saturated rings. The number of nitrogens with zero attached hydrogens (tertiary/aromatic N) is 4. The molecule has 1 aromatic rings. The smallest absolute Gasteiger partial charge is 0.266 e. The normalized spacial score (nSPS) is 24.6. The molecule has 1 aromatic carbocycles. The number of hydrogen-bond donors (Lipinski definition) is 0. The maximum Gasteiger partial charge on any atom is 0.266 e. The molecule has 7 heteroatoms. The highest BCUT2D eigenvalue weighted by Crippen LogP contribution is 2.29. The molecule has 0 N–H and O–H groups in total. The van der Waals surface area contributed by atoms with Crippen molar-refractivity contribution in [3.8, 4) is 0 Å². The molecule has 0 radical (unpaired) electrons. The van der Waals surface area contributed by atoms with Gasteiger partial charge in [-0.3, -0.25) is 9.89 Å². The molecule has 2 aliphatic heterocycles. The Hall–Kier alpha value is -1.60. The van der Waals surface area contributed by atoms with Gasteiger partial charge in [-0.15, -0.1) is 0 Å². The molecule has 1 aliphatic carbocycles. The number of aliphatic imine (C=N–C) groups is 1. The quantitative estimate of drug-likeness (QED) is 0.774. The summed E-state index contributed by atoms with van der Waals surface area (Å²) in [6.07, 6.45) is 3.95. The average molecular weight is 405 g/mol. The number of benzene rings is 1. The van der Waals surface area contributed by atoms with E-state index in [0.717, 1.165) is 31.2 Å². The van der Waals surface area contributed by atoms with Gasteiger partial charge in [0.15, 0.2) is 0 Å². The maximum absolute atomic E-state index is 13.3. The van der Waals surface area contributed by atoms with Crippen LogP contribution in [0, 0.1) is 0 Å². The highest BCUT2D eigenvalue weighted by molar-refractivity contribution is 7.89. The van der Waals surface area contributed by atoms with E-state index in [-0.39, 0.29) is 0 Å². The fourth-order valence-electron chi connectivity index (χ4n) is 4.47. The molecule has 0 bridgehead atoms. The van der Waals surface area contributed by atoms with Crippen LogP contribution in [0.25, 0.3) is 0 Å². The Labute approximate surface area is 169 Å². The summed E-state index contributed by atoms with van der Waals surface area (Å²) in [4.78, 5) is 9.71. The zero-order valence-corrected chi connectivity index (χ0v) is 18.0. The standard InChI is InChI=1S/C21H32N4O2S/c1-16(2)18-7-9-20(10-8-18)28(26,27)25-12-11-22-21(25)23-13-14-24(17(3)15-23)19-5-4-6-19/h7-10,16-17,19H,4-6,11-15H2,1-3H3. The number of hydrogen-bond acceptors (Lipinski definition) is 5. The van der Waals surface area contributed by atoms with Crippen molar-refractivity contribution in [1.29, 1.82) is 0 Å². The summed E-state index contributed by atoms with van der Waals surface area (Å²) in [6, 6.07) is 8.46. The summed E-state index contributed by atoms with van der Waals surface area (Å²) in [5.74, 6) is 1.02. The first-order chi connectivity index (χ1) is 13.4. The fourth-order valence-corrected chi connectivity index (χ4v) is 5.92. The van der Waals surface area contributed by atoms with E-state index in [1.165, 1.54) is 23.6 Å². The van der Waals surface area contributed by atoms with E-state index in [1.54, 1.807) is 12.1 Å². The highest BCUT2D eigenvalue weighted by Gasteiger charge is 2.38. The number of guanidine groups is 1. The second-order valence-corrected chi connectivity index (χ2v) is 10.5. The Balaban J connectivity index is 1.50. The van der Waals surface area contributed by atoms with Crippen LogP contribution in [-0.4, -0.2) is 73.3 Å². The minimum Gasteiger partial charge on any atom is -0.339 e. The first-order valence-corrected chi connectivity index (χ1v) is 12.0. The van der Waals surface area contributed by atoms with E-state index in [2.05, 4.69) is 35.6 Å². The third-order valence-corrected chi connectivity index (χ3v) is 8.21. The van der Waals surface area contributed by atoms with Gasteiger partial charge in [0, 0.05) is 31.7 Å². The molecular weight excluding hydrogens is 372 g/mol. The van der Waals surface area contributed by atoms with E-state index < -0.39 is 10.0 Å². The van der Waals surface area contributed by atoms with Crippen molar-refractivity contribution in [2.75, 3.05) is 32.7 Å². The molecule has 0 amide bonds. The van der Waals surface area contributed by atoms with Crippen LogP contribution in [0.3, 0.4) is 0 Å². The lowest BCUT2D eigenvalue weighted by molar-refractivity contribution is 0.0398. The molecule has 6 nitrogen and oxygen atoms in total. The van der Waals surface area contributed by atoms with Gasteiger partial charge in [0.25, 0.3) is 10.0 Å². The Kier molecular flexibility index (Phi) is 5.40. The van der Waals surface area contributed by atoms with Crippen LogP contribution in [0.15, 0.2) is 34.2 Å². The second-order valence-electron chi connectivity index (χ2n) is 8.60. The lowest BCUT2D eigenvalue weighted by atomic mass is 9.90. The van der Waals surface area contributed by atoms with Gasteiger partial charge < -0.3 is 4.90 Å². The van der Waals surface area contributed by atoms with E-state index in [9.17, 15) is 8.42 Å². The lowest BCUT2D eigenvalue weighted by Crippen LogP contribution is -2.60.